The number of rotatable bonds is 5. The molecule has 0 radical (unpaired) electrons. The summed E-state index contributed by atoms with van der Waals surface area (Å²) in [5, 5.41) is 4.69. The van der Waals surface area contributed by atoms with Crippen LogP contribution in [0, 0.1) is 0 Å². The molecule has 0 bridgehead atoms. The molecule has 0 spiro atoms. The van der Waals surface area contributed by atoms with Crippen molar-refractivity contribution in [2.24, 2.45) is 0 Å². The number of nitrogens with one attached hydrogen (secondary N) is 1. The van der Waals surface area contributed by atoms with Gasteiger partial charge in [0.1, 0.15) is 5.03 Å². The molecular formula is C20H22N2OS. The van der Waals surface area contributed by atoms with Gasteiger partial charge in [-0.3, -0.25) is 4.79 Å². The molecular weight excluding hydrogens is 316 g/mol. The Labute approximate surface area is 147 Å². The maximum absolute atomic E-state index is 12.7. The molecule has 1 N–H and O–H groups in total. The minimum Gasteiger partial charge on any atom is -0.349 e. The zero-order chi connectivity index (χ0) is 16.4. The van der Waals surface area contributed by atoms with Crippen LogP contribution < -0.4 is 5.32 Å². The Morgan fingerprint density at radius 2 is 1.88 bits per heavy atom. The topological polar surface area (TPSA) is 42.0 Å². The number of pyridine rings is 1. The SMILES string of the molecule is O=C(N[C@H]1C[C@@H]1c1ccccc1)c1cccnc1SC1CCCC1. The number of nitrogens with zero attached hydrogens (tertiary/aromatic N) is 1. The number of hydrogen-bond acceptors (Lipinski definition) is 3. The van der Waals surface area contributed by atoms with Gasteiger partial charge in [-0.1, -0.05) is 43.2 Å². The minimum atomic E-state index is 0.0204. The molecule has 2 saturated carbocycles. The standard InChI is InChI=1S/C20H22N2OS/c23-19(22-18-13-17(18)14-7-2-1-3-8-14)16-11-6-12-21-20(16)24-15-9-4-5-10-15/h1-3,6-8,11-12,15,17-18H,4-5,9-10,13H2,(H,22,23)/t17-,18+/m1/s1. The number of thioether (sulfide) groups is 1. The van der Waals surface area contributed by atoms with Gasteiger partial charge in [-0.15, -0.1) is 11.8 Å². The quantitative estimate of drug-likeness (QED) is 0.878. The van der Waals surface area contributed by atoms with E-state index in [2.05, 4.69) is 34.6 Å². The van der Waals surface area contributed by atoms with E-state index in [1.54, 1.807) is 18.0 Å². The van der Waals surface area contributed by atoms with E-state index in [1.807, 2.05) is 18.2 Å². The van der Waals surface area contributed by atoms with E-state index in [0.29, 0.717) is 11.2 Å². The number of carbonyl (C=O) groups excluding carboxylic acids is 1. The first-order chi connectivity index (χ1) is 11.8. The second-order valence-electron chi connectivity index (χ2n) is 6.71. The molecule has 2 aliphatic rings. The second kappa shape index (κ2) is 6.98. The summed E-state index contributed by atoms with van der Waals surface area (Å²) >= 11 is 1.78. The van der Waals surface area contributed by atoms with Crippen molar-refractivity contribution in [1.29, 1.82) is 0 Å². The molecule has 1 aromatic heterocycles. The maximum atomic E-state index is 12.7. The zero-order valence-electron chi connectivity index (χ0n) is 13.7. The summed E-state index contributed by atoms with van der Waals surface area (Å²) in [6, 6.07) is 14.4. The van der Waals surface area contributed by atoms with Crippen LogP contribution in [0.15, 0.2) is 53.7 Å². The third-order valence-corrected chi connectivity index (χ3v) is 6.28. The predicted octanol–water partition coefficient (Wildman–Crippen LogP) is 4.40. The fourth-order valence-electron chi connectivity index (χ4n) is 3.49. The van der Waals surface area contributed by atoms with Crippen LogP contribution >= 0.6 is 11.8 Å². The van der Waals surface area contributed by atoms with E-state index in [0.717, 1.165) is 17.0 Å². The van der Waals surface area contributed by atoms with E-state index in [9.17, 15) is 4.79 Å². The fraction of sp³-hybridized carbons (Fsp3) is 0.400. The highest BCUT2D eigenvalue weighted by atomic mass is 32.2. The van der Waals surface area contributed by atoms with Crippen LogP contribution in [0.25, 0.3) is 0 Å². The molecule has 2 fully saturated rings. The molecule has 1 amide bonds. The lowest BCUT2D eigenvalue weighted by Gasteiger charge is -2.12. The highest BCUT2D eigenvalue weighted by Crippen LogP contribution is 2.41. The Kier molecular flexibility index (Phi) is 4.56. The van der Waals surface area contributed by atoms with Gasteiger partial charge in [0.15, 0.2) is 0 Å². The van der Waals surface area contributed by atoms with Crippen LogP contribution in [0.5, 0.6) is 0 Å². The number of benzene rings is 1. The van der Waals surface area contributed by atoms with Gasteiger partial charge < -0.3 is 5.32 Å². The Hall–Kier alpha value is -1.81. The van der Waals surface area contributed by atoms with Crippen molar-refractivity contribution >= 4 is 17.7 Å². The largest absolute Gasteiger partial charge is 0.349 e. The van der Waals surface area contributed by atoms with Crippen LogP contribution in [-0.2, 0) is 0 Å². The summed E-state index contributed by atoms with van der Waals surface area (Å²) in [7, 11) is 0. The highest BCUT2D eigenvalue weighted by Gasteiger charge is 2.39. The lowest BCUT2D eigenvalue weighted by molar-refractivity contribution is 0.0946. The molecule has 0 aliphatic heterocycles. The van der Waals surface area contributed by atoms with E-state index in [4.69, 9.17) is 0 Å². The van der Waals surface area contributed by atoms with Crippen molar-refractivity contribution in [2.45, 2.75) is 54.3 Å². The normalized spacial score (nSPS) is 23.2. The highest BCUT2D eigenvalue weighted by molar-refractivity contribution is 7.99. The number of amides is 1. The Balaban J connectivity index is 1.42. The average molecular weight is 338 g/mol. The van der Waals surface area contributed by atoms with Crippen LogP contribution in [0.1, 0.15) is 53.9 Å². The zero-order valence-corrected chi connectivity index (χ0v) is 14.5. The van der Waals surface area contributed by atoms with Gasteiger partial charge >= 0.3 is 0 Å². The van der Waals surface area contributed by atoms with E-state index < -0.39 is 0 Å². The summed E-state index contributed by atoms with van der Waals surface area (Å²) in [6.45, 7) is 0. The lowest BCUT2D eigenvalue weighted by Crippen LogP contribution is -2.27. The summed E-state index contributed by atoms with van der Waals surface area (Å²) in [4.78, 5) is 17.2. The summed E-state index contributed by atoms with van der Waals surface area (Å²) in [5.41, 5.74) is 2.04. The Morgan fingerprint density at radius 1 is 1.08 bits per heavy atom. The molecule has 2 atom stereocenters. The van der Waals surface area contributed by atoms with Crippen LogP contribution in [-0.4, -0.2) is 22.2 Å². The first-order valence-electron chi connectivity index (χ1n) is 8.79. The Morgan fingerprint density at radius 3 is 2.67 bits per heavy atom. The molecule has 0 saturated heterocycles. The van der Waals surface area contributed by atoms with Gasteiger partial charge in [0.25, 0.3) is 5.91 Å². The van der Waals surface area contributed by atoms with Crippen molar-refractivity contribution < 1.29 is 4.79 Å². The van der Waals surface area contributed by atoms with Crippen molar-refractivity contribution in [1.82, 2.24) is 10.3 Å². The monoisotopic (exact) mass is 338 g/mol. The molecule has 24 heavy (non-hydrogen) atoms. The van der Waals surface area contributed by atoms with Gasteiger partial charge in [0, 0.05) is 23.4 Å². The molecule has 2 aromatic rings. The molecule has 0 unspecified atom stereocenters. The third-order valence-electron chi connectivity index (χ3n) is 4.93. The first kappa shape index (κ1) is 15.7. The molecule has 1 heterocycles. The van der Waals surface area contributed by atoms with Crippen molar-refractivity contribution in [3.63, 3.8) is 0 Å². The summed E-state index contributed by atoms with van der Waals surface area (Å²) in [6.07, 6.45) is 7.89. The second-order valence-corrected chi connectivity index (χ2v) is 8.00. The van der Waals surface area contributed by atoms with Gasteiger partial charge in [-0.25, -0.2) is 4.98 Å². The maximum Gasteiger partial charge on any atom is 0.254 e. The smallest absolute Gasteiger partial charge is 0.254 e. The summed E-state index contributed by atoms with van der Waals surface area (Å²) < 4.78 is 0. The molecule has 4 heteroatoms. The number of hydrogen-bond donors (Lipinski definition) is 1. The summed E-state index contributed by atoms with van der Waals surface area (Å²) in [5.74, 6) is 0.477. The van der Waals surface area contributed by atoms with Crippen LogP contribution in [0.4, 0.5) is 0 Å². The predicted molar refractivity (Wildman–Crippen MR) is 97.4 cm³/mol. The van der Waals surface area contributed by atoms with Gasteiger partial charge in [-0.05, 0) is 37.0 Å². The third kappa shape index (κ3) is 3.48. The average Bonchev–Trinajstić information content (AvgIpc) is 3.19. The van der Waals surface area contributed by atoms with Gasteiger partial charge in [0.05, 0.1) is 5.56 Å². The van der Waals surface area contributed by atoms with Crippen molar-refractivity contribution in [3.05, 3.63) is 59.8 Å². The van der Waals surface area contributed by atoms with Crippen LogP contribution in [0.2, 0.25) is 0 Å². The van der Waals surface area contributed by atoms with E-state index in [-0.39, 0.29) is 11.9 Å². The van der Waals surface area contributed by atoms with Crippen LogP contribution in [0.3, 0.4) is 0 Å². The number of carbonyl (C=O) groups is 1. The molecule has 3 nitrogen and oxygen atoms in total. The molecule has 124 valence electrons. The minimum absolute atomic E-state index is 0.0204. The van der Waals surface area contributed by atoms with E-state index in [1.165, 1.54) is 31.2 Å². The lowest BCUT2D eigenvalue weighted by atomic mass is 10.1. The molecule has 4 rings (SSSR count). The molecule has 1 aromatic carbocycles. The van der Waals surface area contributed by atoms with Gasteiger partial charge in [0.2, 0.25) is 0 Å². The van der Waals surface area contributed by atoms with E-state index >= 15 is 0 Å². The Bertz CT molecular complexity index is 713. The molecule has 2 aliphatic carbocycles. The number of aromatic nitrogens is 1. The van der Waals surface area contributed by atoms with Crippen molar-refractivity contribution in [2.75, 3.05) is 0 Å². The first-order valence-corrected chi connectivity index (χ1v) is 9.67. The fourth-order valence-corrected chi connectivity index (χ4v) is 4.79. The van der Waals surface area contributed by atoms with Gasteiger partial charge in [-0.2, -0.15) is 0 Å². The van der Waals surface area contributed by atoms with Crippen molar-refractivity contribution in [3.8, 4) is 0 Å².